The van der Waals surface area contributed by atoms with Crippen LogP contribution in [0.5, 0.6) is 0 Å². The number of aryl methyl sites for hydroxylation is 2. The Balaban J connectivity index is 2.20. The van der Waals surface area contributed by atoms with Gasteiger partial charge in [-0.1, -0.05) is 6.92 Å². The molecule has 0 unspecified atom stereocenters. The molecule has 0 fully saturated rings. The van der Waals surface area contributed by atoms with Crippen LogP contribution in [0.1, 0.15) is 32.6 Å². The van der Waals surface area contributed by atoms with Crippen molar-refractivity contribution in [1.82, 2.24) is 4.98 Å². The molecule has 2 aromatic heterocycles. The maximum Gasteiger partial charge on any atom is 0.258 e. The molecule has 90 valence electrons. The summed E-state index contributed by atoms with van der Waals surface area (Å²) in [5.41, 5.74) is 1.92. The van der Waals surface area contributed by atoms with Crippen molar-refractivity contribution in [2.45, 2.75) is 27.2 Å². The Morgan fingerprint density at radius 3 is 2.82 bits per heavy atom. The number of hydrogen-bond acceptors (Lipinski definition) is 4. The summed E-state index contributed by atoms with van der Waals surface area (Å²) in [4.78, 5) is 18.5. The molecule has 17 heavy (non-hydrogen) atoms. The molecule has 0 saturated heterocycles. The minimum atomic E-state index is -0.0550. The predicted octanol–water partition coefficient (Wildman–Crippen LogP) is 3.64. The van der Waals surface area contributed by atoms with Crippen LogP contribution in [0.15, 0.2) is 11.6 Å². The molecule has 3 nitrogen and oxygen atoms in total. The SMILES string of the molecule is CCc1c(C(=O)Nc2ncc(C)s2)csc1C. The lowest BCUT2D eigenvalue weighted by Gasteiger charge is -2.02. The van der Waals surface area contributed by atoms with Crippen molar-refractivity contribution in [1.29, 1.82) is 0 Å². The molecule has 0 bridgehead atoms. The van der Waals surface area contributed by atoms with Crippen molar-refractivity contribution < 1.29 is 4.79 Å². The number of carbonyl (C=O) groups is 1. The van der Waals surface area contributed by atoms with E-state index in [1.165, 1.54) is 16.2 Å². The molecule has 0 aliphatic heterocycles. The fourth-order valence-corrected chi connectivity index (χ4v) is 3.29. The molecule has 0 atom stereocenters. The lowest BCUT2D eigenvalue weighted by Crippen LogP contribution is -2.12. The Morgan fingerprint density at radius 1 is 1.47 bits per heavy atom. The summed E-state index contributed by atoms with van der Waals surface area (Å²) in [6, 6.07) is 0. The van der Waals surface area contributed by atoms with Gasteiger partial charge in [0.1, 0.15) is 0 Å². The minimum Gasteiger partial charge on any atom is -0.298 e. The van der Waals surface area contributed by atoms with E-state index in [2.05, 4.69) is 17.2 Å². The molecule has 0 spiro atoms. The molecule has 0 aliphatic carbocycles. The Kier molecular flexibility index (Phi) is 3.59. The van der Waals surface area contributed by atoms with E-state index >= 15 is 0 Å². The smallest absolute Gasteiger partial charge is 0.258 e. The molecule has 2 rings (SSSR count). The van der Waals surface area contributed by atoms with E-state index < -0.39 is 0 Å². The van der Waals surface area contributed by atoms with Crippen LogP contribution in [0.2, 0.25) is 0 Å². The lowest BCUT2D eigenvalue weighted by molar-refractivity contribution is 0.102. The highest BCUT2D eigenvalue weighted by molar-refractivity contribution is 7.15. The Morgan fingerprint density at radius 2 is 2.24 bits per heavy atom. The third-order valence-electron chi connectivity index (χ3n) is 2.54. The zero-order valence-corrected chi connectivity index (χ0v) is 11.7. The number of amides is 1. The van der Waals surface area contributed by atoms with Gasteiger partial charge in [-0.05, 0) is 25.8 Å². The molecule has 0 aromatic carbocycles. The summed E-state index contributed by atoms with van der Waals surface area (Å²) in [5, 5.41) is 5.43. The first-order chi connectivity index (χ1) is 8.11. The highest BCUT2D eigenvalue weighted by Gasteiger charge is 2.15. The van der Waals surface area contributed by atoms with Crippen LogP contribution in [0, 0.1) is 13.8 Å². The summed E-state index contributed by atoms with van der Waals surface area (Å²) >= 11 is 3.11. The molecule has 1 amide bonds. The number of rotatable bonds is 3. The molecule has 1 N–H and O–H groups in total. The van der Waals surface area contributed by atoms with Crippen molar-refractivity contribution >= 4 is 33.7 Å². The third kappa shape index (κ3) is 2.56. The van der Waals surface area contributed by atoms with Gasteiger partial charge in [-0.3, -0.25) is 10.1 Å². The largest absolute Gasteiger partial charge is 0.298 e. The van der Waals surface area contributed by atoms with Crippen LogP contribution in [0.4, 0.5) is 5.13 Å². The monoisotopic (exact) mass is 266 g/mol. The Labute approximate surface area is 109 Å². The highest BCUT2D eigenvalue weighted by atomic mass is 32.1. The van der Waals surface area contributed by atoms with Gasteiger partial charge in [0.15, 0.2) is 5.13 Å². The van der Waals surface area contributed by atoms with Gasteiger partial charge < -0.3 is 0 Å². The fourth-order valence-electron chi connectivity index (χ4n) is 1.69. The summed E-state index contributed by atoms with van der Waals surface area (Å²) in [6.45, 7) is 6.09. The van der Waals surface area contributed by atoms with Gasteiger partial charge in [-0.25, -0.2) is 4.98 Å². The molecule has 5 heteroatoms. The van der Waals surface area contributed by atoms with Gasteiger partial charge in [0.25, 0.3) is 5.91 Å². The molecule has 0 aliphatic rings. The highest BCUT2D eigenvalue weighted by Crippen LogP contribution is 2.24. The van der Waals surface area contributed by atoms with Gasteiger partial charge in [0.05, 0.1) is 5.56 Å². The molecular weight excluding hydrogens is 252 g/mol. The molecule has 2 aromatic rings. The number of hydrogen-bond donors (Lipinski definition) is 1. The number of thiazole rings is 1. The average molecular weight is 266 g/mol. The van der Waals surface area contributed by atoms with Gasteiger partial charge in [-0.15, -0.1) is 22.7 Å². The van der Waals surface area contributed by atoms with E-state index in [1.807, 2.05) is 19.2 Å². The van der Waals surface area contributed by atoms with E-state index in [0.717, 1.165) is 22.4 Å². The first-order valence-corrected chi connectivity index (χ1v) is 7.12. The van der Waals surface area contributed by atoms with Gasteiger partial charge in [0.2, 0.25) is 0 Å². The number of thiophene rings is 1. The van der Waals surface area contributed by atoms with Crippen LogP contribution >= 0.6 is 22.7 Å². The summed E-state index contributed by atoms with van der Waals surface area (Å²) in [7, 11) is 0. The Hall–Kier alpha value is -1.20. The minimum absolute atomic E-state index is 0.0550. The fraction of sp³-hybridized carbons (Fsp3) is 0.333. The maximum atomic E-state index is 12.1. The van der Waals surface area contributed by atoms with E-state index in [4.69, 9.17) is 0 Å². The average Bonchev–Trinajstić information content (AvgIpc) is 2.84. The van der Waals surface area contributed by atoms with Crippen molar-refractivity contribution in [2.24, 2.45) is 0 Å². The van der Waals surface area contributed by atoms with E-state index in [-0.39, 0.29) is 5.91 Å². The van der Waals surface area contributed by atoms with Crippen molar-refractivity contribution in [3.63, 3.8) is 0 Å². The third-order valence-corrected chi connectivity index (χ3v) is 4.33. The molecule has 2 heterocycles. The quantitative estimate of drug-likeness (QED) is 0.921. The number of aromatic nitrogens is 1. The number of anilines is 1. The standard InChI is InChI=1S/C12H14N2OS2/c1-4-9-8(3)16-6-10(9)11(15)14-12-13-5-7(2)17-12/h5-6H,4H2,1-3H3,(H,13,14,15). The topological polar surface area (TPSA) is 42.0 Å². The van der Waals surface area contributed by atoms with E-state index in [9.17, 15) is 4.79 Å². The number of carbonyl (C=O) groups excluding carboxylic acids is 1. The van der Waals surface area contributed by atoms with Crippen molar-refractivity contribution in [3.05, 3.63) is 32.5 Å². The molecule has 0 radical (unpaired) electrons. The maximum absolute atomic E-state index is 12.1. The first kappa shape index (κ1) is 12.3. The predicted molar refractivity (Wildman–Crippen MR) is 73.2 cm³/mol. The normalized spacial score (nSPS) is 10.5. The van der Waals surface area contributed by atoms with Crippen LogP contribution in [0.25, 0.3) is 0 Å². The van der Waals surface area contributed by atoms with Crippen LogP contribution in [0.3, 0.4) is 0 Å². The van der Waals surface area contributed by atoms with Crippen molar-refractivity contribution in [3.8, 4) is 0 Å². The second kappa shape index (κ2) is 4.98. The summed E-state index contributed by atoms with van der Waals surface area (Å²) < 4.78 is 0. The molecule has 0 saturated carbocycles. The van der Waals surface area contributed by atoms with Crippen molar-refractivity contribution in [2.75, 3.05) is 5.32 Å². The van der Waals surface area contributed by atoms with E-state index in [0.29, 0.717) is 5.13 Å². The van der Waals surface area contributed by atoms with Gasteiger partial charge in [-0.2, -0.15) is 0 Å². The van der Waals surface area contributed by atoms with Crippen LogP contribution in [-0.4, -0.2) is 10.9 Å². The van der Waals surface area contributed by atoms with Crippen LogP contribution < -0.4 is 5.32 Å². The number of nitrogens with zero attached hydrogens (tertiary/aromatic N) is 1. The second-order valence-corrected chi connectivity index (χ2v) is 6.09. The first-order valence-electron chi connectivity index (χ1n) is 5.42. The van der Waals surface area contributed by atoms with Gasteiger partial charge >= 0.3 is 0 Å². The van der Waals surface area contributed by atoms with Crippen LogP contribution in [-0.2, 0) is 6.42 Å². The number of nitrogens with one attached hydrogen (secondary N) is 1. The summed E-state index contributed by atoms with van der Waals surface area (Å²) in [5.74, 6) is -0.0550. The summed E-state index contributed by atoms with van der Waals surface area (Å²) in [6.07, 6.45) is 2.65. The Bertz CT molecular complexity index is 542. The zero-order chi connectivity index (χ0) is 12.4. The lowest BCUT2D eigenvalue weighted by atomic mass is 10.1. The second-order valence-electron chi connectivity index (χ2n) is 3.77. The van der Waals surface area contributed by atoms with E-state index in [1.54, 1.807) is 17.5 Å². The van der Waals surface area contributed by atoms with Gasteiger partial charge in [0, 0.05) is 21.3 Å². The zero-order valence-electron chi connectivity index (χ0n) is 10.0. The molecular formula is C12H14N2OS2.